The number of carbonyl (C=O) groups is 1. The van der Waals surface area contributed by atoms with Gasteiger partial charge in [0.25, 0.3) is 5.91 Å². The highest BCUT2D eigenvalue weighted by Gasteiger charge is 2.39. The van der Waals surface area contributed by atoms with Crippen LogP contribution in [-0.4, -0.2) is 43.2 Å². The molecule has 1 aromatic heterocycles. The van der Waals surface area contributed by atoms with E-state index in [4.69, 9.17) is 23.4 Å². The Bertz CT molecular complexity index is 1660. The number of methoxy groups -OCH3 is 2. The maximum Gasteiger partial charge on any atom is 0.360 e. The van der Waals surface area contributed by atoms with Crippen molar-refractivity contribution in [2.24, 2.45) is 0 Å². The molecule has 1 aliphatic rings. The molecule has 4 aromatic rings. The highest BCUT2D eigenvalue weighted by molar-refractivity contribution is 6.06. The van der Waals surface area contributed by atoms with Gasteiger partial charge in [0.15, 0.2) is 0 Å². The number of benzene rings is 3. The van der Waals surface area contributed by atoms with Gasteiger partial charge >= 0.3 is 5.63 Å². The number of anilines is 1. The van der Waals surface area contributed by atoms with Crippen molar-refractivity contribution in [2.45, 2.75) is 51.6 Å². The van der Waals surface area contributed by atoms with Gasteiger partial charge in [0, 0.05) is 41.2 Å². The highest BCUT2D eigenvalue weighted by Crippen LogP contribution is 2.37. The van der Waals surface area contributed by atoms with Crippen LogP contribution in [0.4, 0.5) is 5.69 Å². The molecule has 9 heteroatoms. The van der Waals surface area contributed by atoms with Gasteiger partial charge in [-0.2, -0.15) is 0 Å². The first-order valence-electron chi connectivity index (χ1n) is 13.3. The molecule has 2 heterocycles. The van der Waals surface area contributed by atoms with Crippen LogP contribution in [-0.2, 0) is 9.47 Å². The summed E-state index contributed by atoms with van der Waals surface area (Å²) < 4.78 is 28.9. The van der Waals surface area contributed by atoms with Gasteiger partial charge in [-0.1, -0.05) is 18.2 Å². The predicted octanol–water partition coefficient (Wildman–Crippen LogP) is 6.04. The summed E-state index contributed by atoms with van der Waals surface area (Å²) >= 11 is 0. The molecule has 9 nitrogen and oxygen atoms in total. The van der Waals surface area contributed by atoms with Crippen molar-refractivity contribution in [3.05, 3.63) is 82.2 Å². The van der Waals surface area contributed by atoms with Crippen LogP contribution in [0.25, 0.3) is 22.1 Å². The van der Waals surface area contributed by atoms with Gasteiger partial charge in [0.2, 0.25) is 6.29 Å². The summed E-state index contributed by atoms with van der Waals surface area (Å²) in [4.78, 5) is 26.1. The number of rotatable bonds is 7. The van der Waals surface area contributed by atoms with E-state index in [1.807, 2.05) is 20.8 Å². The zero-order valence-corrected chi connectivity index (χ0v) is 23.6. The van der Waals surface area contributed by atoms with Crippen molar-refractivity contribution < 1.29 is 33.3 Å². The summed E-state index contributed by atoms with van der Waals surface area (Å²) in [5, 5.41) is 13.6. The number of hydrogen-bond acceptors (Lipinski definition) is 8. The molecule has 41 heavy (non-hydrogen) atoms. The minimum atomic E-state index is -0.696. The molecule has 1 amide bonds. The summed E-state index contributed by atoms with van der Waals surface area (Å²) in [5.74, 6) is 0.570. The fourth-order valence-corrected chi connectivity index (χ4v) is 5.21. The van der Waals surface area contributed by atoms with E-state index in [0.29, 0.717) is 45.6 Å². The van der Waals surface area contributed by atoms with Crippen LogP contribution in [0.2, 0.25) is 0 Å². The molecule has 0 radical (unpaired) electrons. The number of amides is 1. The first-order chi connectivity index (χ1) is 19.6. The molecule has 0 aliphatic carbocycles. The van der Waals surface area contributed by atoms with Crippen molar-refractivity contribution in [1.29, 1.82) is 0 Å². The lowest BCUT2D eigenvalue weighted by Gasteiger charge is -2.41. The number of fused-ring (bicyclic) bond motifs is 1. The Labute approximate surface area is 237 Å². The summed E-state index contributed by atoms with van der Waals surface area (Å²) in [6, 6.07) is 16.7. The summed E-state index contributed by atoms with van der Waals surface area (Å²) in [5.41, 5.74) is 1.13. The molecule has 3 aromatic carbocycles. The summed E-state index contributed by atoms with van der Waals surface area (Å²) in [6.07, 6.45) is 0.957. The van der Waals surface area contributed by atoms with E-state index in [9.17, 15) is 14.7 Å². The second-order valence-electron chi connectivity index (χ2n) is 10.5. The lowest BCUT2D eigenvalue weighted by atomic mass is 9.94. The Kier molecular flexibility index (Phi) is 7.75. The smallest absolute Gasteiger partial charge is 0.360 e. The SMILES string of the molecule is COc1ccc(C(=O)Nc2cc3ccc(OC4CCC(OC)C(C)(C)O4)c(C)c3oc2=O)cc1-c1ccccc1O. The first-order valence-corrected chi connectivity index (χ1v) is 13.3. The van der Waals surface area contributed by atoms with Crippen LogP contribution < -0.4 is 20.4 Å². The average Bonchev–Trinajstić information content (AvgIpc) is 2.95. The van der Waals surface area contributed by atoms with E-state index in [1.54, 1.807) is 67.8 Å². The third kappa shape index (κ3) is 5.64. The van der Waals surface area contributed by atoms with E-state index < -0.39 is 23.4 Å². The van der Waals surface area contributed by atoms with Gasteiger partial charge in [-0.05, 0) is 69.7 Å². The number of aromatic hydroxyl groups is 1. The van der Waals surface area contributed by atoms with E-state index >= 15 is 0 Å². The van der Waals surface area contributed by atoms with E-state index in [1.165, 1.54) is 7.11 Å². The molecule has 0 bridgehead atoms. The van der Waals surface area contributed by atoms with E-state index in [-0.39, 0.29) is 23.1 Å². The van der Waals surface area contributed by atoms with Crippen molar-refractivity contribution in [2.75, 3.05) is 19.5 Å². The number of aryl methyl sites for hydroxylation is 1. The molecule has 2 unspecified atom stereocenters. The Morgan fingerprint density at radius 3 is 2.46 bits per heavy atom. The van der Waals surface area contributed by atoms with Crippen LogP contribution in [0, 0.1) is 6.92 Å². The molecule has 214 valence electrons. The van der Waals surface area contributed by atoms with Crippen LogP contribution in [0.3, 0.4) is 0 Å². The number of para-hydroxylation sites is 1. The number of phenols is 1. The van der Waals surface area contributed by atoms with Gasteiger partial charge in [0.05, 0.1) is 18.8 Å². The molecule has 1 aliphatic heterocycles. The Morgan fingerprint density at radius 1 is 1.00 bits per heavy atom. The van der Waals surface area contributed by atoms with Gasteiger partial charge in [-0.25, -0.2) is 4.79 Å². The van der Waals surface area contributed by atoms with Crippen molar-refractivity contribution in [3.63, 3.8) is 0 Å². The van der Waals surface area contributed by atoms with Gasteiger partial charge in [-0.3, -0.25) is 4.79 Å². The van der Waals surface area contributed by atoms with E-state index in [0.717, 1.165) is 6.42 Å². The van der Waals surface area contributed by atoms with Crippen LogP contribution >= 0.6 is 0 Å². The maximum absolute atomic E-state index is 13.2. The molecule has 2 N–H and O–H groups in total. The minimum absolute atomic E-state index is 0.00142. The monoisotopic (exact) mass is 559 g/mol. The third-order valence-corrected chi connectivity index (χ3v) is 7.42. The zero-order valence-electron chi connectivity index (χ0n) is 23.6. The topological polar surface area (TPSA) is 116 Å². The molecule has 0 spiro atoms. The number of nitrogens with one attached hydrogen (secondary N) is 1. The largest absolute Gasteiger partial charge is 0.507 e. The molecule has 1 fully saturated rings. The van der Waals surface area contributed by atoms with Gasteiger partial charge in [-0.15, -0.1) is 0 Å². The second-order valence-corrected chi connectivity index (χ2v) is 10.5. The highest BCUT2D eigenvalue weighted by atomic mass is 16.7. The Hall–Kier alpha value is -4.34. The molecule has 0 saturated carbocycles. The lowest BCUT2D eigenvalue weighted by Crippen LogP contribution is -2.49. The lowest BCUT2D eigenvalue weighted by molar-refractivity contribution is -0.233. The summed E-state index contributed by atoms with van der Waals surface area (Å²) in [7, 11) is 3.19. The van der Waals surface area contributed by atoms with Crippen molar-refractivity contribution in [3.8, 4) is 28.4 Å². The number of phenolic OH excluding ortho intramolecular Hbond substituents is 1. The first kappa shape index (κ1) is 28.2. The second kappa shape index (κ2) is 11.3. The Balaban J connectivity index is 1.38. The summed E-state index contributed by atoms with van der Waals surface area (Å²) in [6.45, 7) is 5.75. The van der Waals surface area contributed by atoms with Crippen LogP contribution in [0.15, 0.2) is 69.9 Å². The Morgan fingerprint density at radius 2 is 1.76 bits per heavy atom. The standard InChI is InChI=1S/C32H33NO8/c1-18-25(39-28-15-14-27(38-5)32(2,3)41-28)12-10-19-17-23(31(36)40-29(18)19)33-30(35)20-11-13-26(37-4)22(16-20)21-8-6-7-9-24(21)34/h6-13,16-17,27-28,34H,14-15H2,1-5H3,(H,33,35). The van der Waals surface area contributed by atoms with Crippen LogP contribution in [0.1, 0.15) is 42.6 Å². The number of carbonyl (C=O) groups excluding carboxylic acids is 1. The molecule has 5 rings (SSSR count). The maximum atomic E-state index is 13.2. The minimum Gasteiger partial charge on any atom is -0.507 e. The number of hydrogen-bond donors (Lipinski definition) is 2. The van der Waals surface area contributed by atoms with Crippen molar-refractivity contribution in [1.82, 2.24) is 0 Å². The third-order valence-electron chi connectivity index (χ3n) is 7.42. The van der Waals surface area contributed by atoms with Gasteiger partial charge in [0.1, 0.15) is 28.5 Å². The average molecular weight is 560 g/mol. The molecule has 2 atom stereocenters. The fraction of sp³-hybridized carbons (Fsp3) is 0.312. The van der Waals surface area contributed by atoms with E-state index in [2.05, 4.69) is 5.32 Å². The van der Waals surface area contributed by atoms with Crippen molar-refractivity contribution >= 4 is 22.6 Å². The molecular formula is C32H33NO8. The normalized spacial score (nSPS) is 18.2. The fourth-order valence-electron chi connectivity index (χ4n) is 5.21. The molecular weight excluding hydrogens is 526 g/mol. The quantitative estimate of drug-likeness (QED) is 0.263. The zero-order chi connectivity index (χ0) is 29.3. The number of ether oxygens (including phenoxy) is 4. The molecule has 1 saturated heterocycles. The predicted molar refractivity (Wildman–Crippen MR) is 155 cm³/mol. The van der Waals surface area contributed by atoms with Gasteiger partial charge < -0.3 is 33.8 Å². The van der Waals surface area contributed by atoms with Crippen LogP contribution in [0.5, 0.6) is 17.2 Å².